The molecule has 0 radical (unpaired) electrons. The number of nitrogens with one attached hydrogen (secondary N) is 1. The highest BCUT2D eigenvalue weighted by atomic mass is 32.2. The van der Waals surface area contributed by atoms with E-state index in [1.165, 1.54) is 22.8 Å². The molecule has 0 saturated carbocycles. The zero-order chi connectivity index (χ0) is 32.1. The van der Waals surface area contributed by atoms with Crippen LogP contribution in [-0.4, -0.2) is 39.4 Å². The summed E-state index contributed by atoms with van der Waals surface area (Å²) in [5.41, 5.74) is 5.27. The molecule has 1 amide bonds. The smallest absolute Gasteiger partial charge is 0.255 e. The topological polar surface area (TPSA) is 89.3 Å². The summed E-state index contributed by atoms with van der Waals surface area (Å²) in [4.78, 5) is 12.6. The van der Waals surface area contributed by atoms with Crippen LogP contribution in [0.4, 0.5) is 0 Å². The van der Waals surface area contributed by atoms with Crippen LogP contribution in [0.15, 0.2) is 108 Å². The molecule has 4 aromatic carbocycles. The number of rotatable bonds is 16. The molecule has 0 aliphatic heterocycles. The Bertz CT molecular complexity index is 1710. The molecule has 0 bridgehead atoms. The molecule has 0 aliphatic rings. The Balaban J connectivity index is 1.36. The van der Waals surface area contributed by atoms with Crippen molar-refractivity contribution >= 4 is 17.7 Å². The van der Waals surface area contributed by atoms with Gasteiger partial charge in [0, 0.05) is 24.8 Å². The van der Waals surface area contributed by atoms with Gasteiger partial charge < -0.3 is 19.7 Å². The molecule has 1 unspecified atom stereocenters. The maximum atomic E-state index is 12.6. The van der Waals surface area contributed by atoms with Crippen LogP contribution in [0.3, 0.4) is 0 Å². The Labute approximate surface area is 276 Å². The molecule has 238 valence electrons. The van der Waals surface area contributed by atoms with Crippen molar-refractivity contribution in [1.82, 2.24) is 20.1 Å². The van der Waals surface area contributed by atoms with Crippen LogP contribution in [0.2, 0.25) is 0 Å². The van der Waals surface area contributed by atoms with Gasteiger partial charge in [0.1, 0.15) is 17.3 Å². The first kappa shape index (κ1) is 32.8. The number of aromatic hydroxyl groups is 1. The molecule has 46 heavy (non-hydrogen) atoms. The van der Waals surface area contributed by atoms with E-state index in [1.807, 2.05) is 24.3 Å². The first-order valence-corrected chi connectivity index (χ1v) is 16.8. The van der Waals surface area contributed by atoms with E-state index in [1.54, 1.807) is 37.1 Å². The molecule has 5 aromatic rings. The number of methoxy groups -OCH3 is 1. The Morgan fingerprint density at radius 2 is 1.61 bits per heavy atom. The number of ether oxygens (including phenoxy) is 1. The number of thioether (sulfide) groups is 1. The molecule has 0 fully saturated rings. The van der Waals surface area contributed by atoms with Crippen LogP contribution in [0.25, 0.3) is 0 Å². The van der Waals surface area contributed by atoms with E-state index in [9.17, 15) is 9.90 Å². The van der Waals surface area contributed by atoms with Crippen molar-refractivity contribution < 1.29 is 14.6 Å². The quantitative estimate of drug-likeness (QED) is 0.0852. The minimum atomic E-state index is -0.264. The number of phenolic OH excluding ortho intramolecular Hbond substituents is 1. The van der Waals surface area contributed by atoms with Gasteiger partial charge in [-0.15, -0.1) is 10.2 Å². The lowest BCUT2D eigenvalue weighted by molar-refractivity contribution is 0.0950. The molecular weight excluding hydrogens is 593 g/mol. The lowest BCUT2D eigenvalue weighted by Gasteiger charge is -2.20. The van der Waals surface area contributed by atoms with E-state index in [0.717, 1.165) is 66.7 Å². The van der Waals surface area contributed by atoms with Crippen LogP contribution in [0.5, 0.6) is 11.5 Å². The lowest BCUT2D eigenvalue weighted by Crippen LogP contribution is -2.24. The van der Waals surface area contributed by atoms with Crippen molar-refractivity contribution in [3.8, 4) is 11.5 Å². The average Bonchev–Trinajstić information content (AvgIpc) is 3.49. The van der Waals surface area contributed by atoms with Gasteiger partial charge in [0.15, 0.2) is 5.16 Å². The number of nitrogens with zero attached hydrogens (tertiary/aromatic N) is 3. The summed E-state index contributed by atoms with van der Waals surface area (Å²) in [6.45, 7) is 3.45. The fraction of sp³-hybridized carbons (Fsp3) is 0.289. The molecule has 0 spiro atoms. The monoisotopic (exact) mass is 634 g/mol. The summed E-state index contributed by atoms with van der Waals surface area (Å²) in [6, 6.07) is 33.8. The second kappa shape index (κ2) is 16.7. The van der Waals surface area contributed by atoms with Gasteiger partial charge >= 0.3 is 0 Å². The van der Waals surface area contributed by atoms with Crippen LogP contribution >= 0.6 is 11.8 Å². The van der Waals surface area contributed by atoms with Crippen LogP contribution in [-0.2, 0) is 25.1 Å². The highest BCUT2D eigenvalue weighted by Gasteiger charge is 2.23. The van der Waals surface area contributed by atoms with E-state index < -0.39 is 0 Å². The predicted molar refractivity (Wildman–Crippen MR) is 185 cm³/mol. The molecular formula is C38H42N4O3S. The number of para-hydroxylation sites is 2. The van der Waals surface area contributed by atoms with Crippen LogP contribution in [0, 0.1) is 6.92 Å². The predicted octanol–water partition coefficient (Wildman–Crippen LogP) is 7.76. The minimum absolute atomic E-state index is 0.0113. The molecule has 1 atom stereocenters. The highest BCUT2D eigenvalue weighted by molar-refractivity contribution is 7.98. The zero-order valence-electron chi connectivity index (χ0n) is 26.6. The first-order valence-electron chi connectivity index (χ1n) is 15.9. The fourth-order valence-corrected chi connectivity index (χ4v) is 6.70. The van der Waals surface area contributed by atoms with Gasteiger partial charge in [-0.05, 0) is 73.1 Å². The van der Waals surface area contributed by atoms with Crippen LogP contribution < -0.4 is 10.1 Å². The second-order valence-corrected chi connectivity index (χ2v) is 12.4. The normalized spacial score (nSPS) is 11.7. The fourth-order valence-electron chi connectivity index (χ4n) is 5.66. The third-order valence-electron chi connectivity index (χ3n) is 8.27. The van der Waals surface area contributed by atoms with Gasteiger partial charge in [-0.3, -0.25) is 4.79 Å². The van der Waals surface area contributed by atoms with Gasteiger partial charge in [-0.25, -0.2) is 0 Å². The summed E-state index contributed by atoms with van der Waals surface area (Å²) in [7, 11) is 1.71. The van der Waals surface area contributed by atoms with E-state index in [4.69, 9.17) is 14.9 Å². The van der Waals surface area contributed by atoms with E-state index in [-0.39, 0.29) is 17.6 Å². The Hall–Kier alpha value is -4.56. The number of phenols is 1. The standard InChI is InChI=1S/C38H42N4O3S/c1-28-14-6-7-19-32(28)27-46-38-41-40-36(42(38)25-23-29-15-4-3-5-16-29)31(26-30-17-8-11-22-35(30)45-2)18-12-13-24-39-37(44)33-20-9-10-21-34(33)43/h3-11,14-17,19-22,31,43H,12-13,18,23-27H2,1-2H3,(H,39,44). The summed E-state index contributed by atoms with van der Waals surface area (Å²) in [5, 5.41) is 23.5. The summed E-state index contributed by atoms with van der Waals surface area (Å²) in [5.74, 6) is 2.49. The summed E-state index contributed by atoms with van der Waals surface area (Å²) >= 11 is 1.73. The Kier molecular flexibility index (Phi) is 11.9. The molecule has 7 nitrogen and oxygen atoms in total. The van der Waals surface area contributed by atoms with Crippen molar-refractivity contribution in [2.75, 3.05) is 13.7 Å². The SMILES string of the molecule is COc1ccccc1CC(CCCCNC(=O)c1ccccc1O)c1nnc(SCc2ccccc2C)n1CCc1ccccc1. The molecule has 1 heterocycles. The largest absolute Gasteiger partial charge is 0.507 e. The third-order valence-corrected chi connectivity index (χ3v) is 9.28. The number of unbranched alkanes of at least 4 members (excludes halogenated alkanes) is 1. The first-order chi connectivity index (χ1) is 22.5. The number of benzene rings is 4. The molecule has 0 saturated heterocycles. The minimum Gasteiger partial charge on any atom is -0.507 e. The Morgan fingerprint density at radius 1 is 0.891 bits per heavy atom. The van der Waals surface area contributed by atoms with Crippen molar-refractivity contribution in [2.45, 2.75) is 62.4 Å². The lowest BCUT2D eigenvalue weighted by atomic mass is 9.92. The summed E-state index contributed by atoms with van der Waals surface area (Å²) < 4.78 is 8.04. The van der Waals surface area contributed by atoms with Crippen molar-refractivity contribution in [3.63, 3.8) is 0 Å². The number of amides is 1. The van der Waals surface area contributed by atoms with Gasteiger partial charge in [-0.1, -0.05) is 103 Å². The van der Waals surface area contributed by atoms with Crippen molar-refractivity contribution in [2.24, 2.45) is 0 Å². The highest BCUT2D eigenvalue weighted by Crippen LogP contribution is 2.32. The van der Waals surface area contributed by atoms with E-state index >= 15 is 0 Å². The summed E-state index contributed by atoms with van der Waals surface area (Å²) in [6.07, 6.45) is 4.20. The zero-order valence-corrected chi connectivity index (χ0v) is 27.4. The molecule has 2 N–H and O–H groups in total. The molecule has 1 aromatic heterocycles. The third kappa shape index (κ3) is 8.79. The van der Waals surface area contributed by atoms with Gasteiger partial charge in [-0.2, -0.15) is 0 Å². The maximum Gasteiger partial charge on any atom is 0.255 e. The second-order valence-electron chi connectivity index (χ2n) is 11.4. The van der Waals surface area contributed by atoms with Gasteiger partial charge in [0.25, 0.3) is 5.91 Å². The Morgan fingerprint density at radius 3 is 2.39 bits per heavy atom. The molecule has 8 heteroatoms. The van der Waals surface area contributed by atoms with Crippen LogP contribution in [0.1, 0.15) is 63.6 Å². The number of carbonyl (C=O) groups excluding carboxylic acids is 1. The number of aryl methyl sites for hydroxylation is 2. The van der Waals surface area contributed by atoms with Crippen molar-refractivity contribution in [1.29, 1.82) is 0 Å². The van der Waals surface area contributed by atoms with Crippen molar-refractivity contribution in [3.05, 3.63) is 137 Å². The number of hydrogen-bond donors (Lipinski definition) is 2. The number of hydrogen-bond acceptors (Lipinski definition) is 6. The van der Waals surface area contributed by atoms with Gasteiger partial charge in [0.2, 0.25) is 0 Å². The average molecular weight is 635 g/mol. The maximum absolute atomic E-state index is 12.6. The number of aromatic nitrogens is 3. The van der Waals surface area contributed by atoms with Gasteiger partial charge in [0.05, 0.1) is 12.7 Å². The molecule has 0 aliphatic carbocycles. The number of carbonyl (C=O) groups is 1. The molecule has 5 rings (SSSR count). The van der Waals surface area contributed by atoms with E-state index in [0.29, 0.717) is 12.1 Å². The van der Waals surface area contributed by atoms with E-state index in [2.05, 4.69) is 71.4 Å².